The van der Waals surface area contributed by atoms with Crippen molar-refractivity contribution in [2.24, 2.45) is 0 Å². The van der Waals surface area contributed by atoms with Crippen molar-refractivity contribution < 1.29 is 9.90 Å². The van der Waals surface area contributed by atoms with Gasteiger partial charge in [-0.15, -0.1) is 0 Å². The van der Waals surface area contributed by atoms with Gasteiger partial charge in [0.15, 0.2) is 0 Å². The highest BCUT2D eigenvalue weighted by molar-refractivity contribution is 7.08. The van der Waals surface area contributed by atoms with E-state index in [4.69, 9.17) is 0 Å². The SMILES string of the molecule is Cc1cccnc1C(c1ccsc1)N1CCCC1C(=O)O. The van der Waals surface area contributed by atoms with Gasteiger partial charge < -0.3 is 5.11 Å². The smallest absolute Gasteiger partial charge is 0.320 e. The summed E-state index contributed by atoms with van der Waals surface area (Å²) in [6, 6.07) is 5.54. The van der Waals surface area contributed by atoms with Crippen molar-refractivity contribution in [3.05, 3.63) is 52.0 Å². The monoisotopic (exact) mass is 302 g/mol. The summed E-state index contributed by atoms with van der Waals surface area (Å²) in [7, 11) is 0. The summed E-state index contributed by atoms with van der Waals surface area (Å²) in [4.78, 5) is 18.2. The second-order valence-corrected chi connectivity index (χ2v) is 6.18. The van der Waals surface area contributed by atoms with Crippen molar-refractivity contribution in [3.8, 4) is 0 Å². The molecule has 0 saturated carbocycles. The summed E-state index contributed by atoms with van der Waals surface area (Å²) in [5.74, 6) is -0.735. The van der Waals surface area contributed by atoms with Gasteiger partial charge in [-0.25, -0.2) is 0 Å². The van der Waals surface area contributed by atoms with Crippen molar-refractivity contribution in [1.82, 2.24) is 9.88 Å². The van der Waals surface area contributed by atoms with Crippen molar-refractivity contribution in [2.45, 2.75) is 31.8 Å². The highest BCUT2D eigenvalue weighted by Crippen LogP contribution is 2.36. The molecule has 0 spiro atoms. The van der Waals surface area contributed by atoms with Crippen LogP contribution >= 0.6 is 11.3 Å². The van der Waals surface area contributed by atoms with Crippen LogP contribution in [0.5, 0.6) is 0 Å². The number of aromatic nitrogens is 1. The Hall–Kier alpha value is -1.72. The third-order valence-electron chi connectivity index (χ3n) is 4.08. The zero-order chi connectivity index (χ0) is 14.8. The Kier molecular flexibility index (Phi) is 4.03. The molecule has 0 bridgehead atoms. The van der Waals surface area contributed by atoms with Gasteiger partial charge >= 0.3 is 5.97 Å². The molecule has 2 aromatic heterocycles. The normalized spacial score (nSPS) is 20.5. The molecule has 1 N–H and O–H groups in total. The minimum absolute atomic E-state index is 0.0685. The van der Waals surface area contributed by atoms with Crippen LogP contribution in [0.3, 0.4) is 0 Å². The van der Waals surface area contributed by atoms with Crippen LogP contribution in [0.2, 0.25) is 0 Å². The highest BCUT2D eigenvalue weighted by atomic mass is 32.1. The van der Waals surface area contributed by atoms with Crippen molar-refractivity contribution in [2.75, 3.05) is 6.54 Å². The quantitative estimate of drug-likeness (QED) is 0.943. The zero-order valence-corrected chi connectivity index (χ0v) is 12.7. The average molecular weight is 302 g/mol. The molecule has 0 aromatic carbocycles. The molecular weight excluding hydrogens is 284 g/mol. The summed E-state index contributed by atoms with van der Waals surface area (Å²) < 4.78 is 0. The number of hydrogen-bond acceptors (Lipinski definition) is 4. The lowest BCUT2D eigenvalue weighted by Crippen LogP contribution is -2.39. The minimum Gasteiger partial charge on any atom is -0.480 e. The first kappa shape index (κ1) is 14.2. The van der Waals surface area contributed by atoms with Crippen molar-refractivity contribution >= 4 is 17.3 Å². The Morgan fingerprint density at radius 2 is 2.38 bits per heavy atom. The number of aliphatic carboxylic acids is 1. The maximum atomic E-state index is 11.5. The average Bonchev–Trinajstić information content (AvgIpc) is 3.13. The summed E-state index contributed by atoms with van der Waals surface area (Å²) in [6.45, 7) is 2.83. The lowest BCUT2D eigenvalue weighted by atomic mass is 10.00. The van der Waals surface area contributed by atoms with Crippen LogP contribution in [-0.2, 0) is 4.79 Å². The fourth-order valence-corrected chi connectivity index (χ4v) is 3.76. The Morgan fingerprint density at radius 1 is 1.52 bits per heavy atom. The summed E-state index contributed by atoms with van der Waals surface area (Å²) in [6.07, 6.45) is 3.42. The zero-order valence-electron chi connectivity index (χ0n) is 11.9. The minimum atomic E-state index is -0.735. The molecule has 0 aliphatic carbocycles. The van der Waals surface area contributed by atoms with Gasteiger partial charge in [-0.3, -0.25) is 14.7 Å². The molecule has 0 radical (unpaired) electrons. The van der Waals surface area contributed by atoms with Gasteiger partial charge in [-0.1, -0.05) is 6.07 Å². The molecule has 110 valence electrons. The van der Waals surface area contributed by atoms with Gasteiger partial charge in [0, 0.05) is 12.7 Å². The molecule has 2 unspecified atom stereocenters. The van der Waals surface area contributed by atoms with Gasteiger partial charge in [-0.05, 0) is 53.8 Å². The molecule has 0 amide bonds. The molecule has 1 saturated heterocycles. The third kappa shape index (κ3) is 2.71. The van der Waals surface area contributed by atoms with E-state index >= 15 is 0 Å². The van der Waals surface area contributed by atoms with Gasteiger partial charge in [0.2, 0.25) is 0 Å². The van der Waals surface area contributed by atoms with Crippen LogP contribution in [0, 0.1) is 6.92 Å². The topological polar surface area (TPSA) is 53.4 Å². The van der Waals surface area contributed by atoms with Crippen LogP contribution in [0.4, 0.5) is 0 Å². The molecule has 5 heteroatoms. The van der Waals surface area contributed by atoms with E-state index in [0.29, 0.717) is 6.42 Å². The van der Waals surface area contributed by atoms with Gasteiger partial charge in [0.25, 0.3) is 0 Å². The summed E-state index contributed by atoms with van der Waals surface area (Å²) in [5.41, 5.74) is 3.20. The van der Waals surface area contributed by atoms with Gasteiger partial charge in [0.1, 0.15) is 6.04 Å². The van der Waals surface area contributed by atoms with E-state index in [0.717, 1.165) is 29.8 Å². The Bertz CT molecular complexity index is 627. The maximum absolute atomic E-state index is 11.5. The van der Waals surface area contributed by atoms with Crippen molar-refractivity contribution in [1.29, 1.82) is 0 Å². The van der Waals surface area contributed by atoms with Crippen LogP contribution in [0.15, 0.2) is 35.2 Å². The predicted octanol–water partition coefficient (Wildman–Crippen LogP) is 3.09. The molecule has 1 aliphatic heterocycles. The summed E-state index contributed by atoms with van der Waals surface area (Å²) >= 11 is 1.63. The van der Waals surface area contributed by atoms with E-state index in [9.17, 15) is 9.90 Å². The van der Waals surface area contributed by atoms with Crippen LogP contribution in [0.1, 0.15) is 35.7 Å². The van der Waals surface area contributed by atoms with Gasteiger partial charge in [0.05, 0.1) is 11.7 Å². The second kappa shape index (κ2) is 5.95. The molecule has 3 rings (SSSR count). The maximum Gasteiger partial charge on any atom is 0.320 e. The van der Waals surface area contributed by atoms with E-state index in [-0.39, 0.29) is 6.04 Å². The van der Waals surface area contributed by atoms with E-state index in [1.54, 1.807) is 17.5 Å². The molecule has 3 heterocycles. The molecule has 21 heavy (non-hydrogen) atoms. The number of pyridine rings is 1. The van der Waals surface area contributed by atoms with E-state index in [2.05, 4.69) is 21.3 Å². The first-order chi connectivity index (χ1) is 10.2. The summed E-state index contributed by atoms with van der Waals surface area (Å²) in [5, 5.41) is 13.6. The molecule has 1 fully saturated rings. The highest BCUT2D eigenvalue weighted by Gasteiger charge is 2.37. The van der Waals surface area contributed by atoms with E-state index in [1.807, 2.05) is 24.4 Å². The number of carboxylic acids is 1. The first-order valence-electron chi connectivity index (χ1n) is 7.10. The fourth-order valence-electron chi connectivity index (χ4n) is 3.08. The lowest BCUT2D eigenvalue weighted by Gasteiger charge is -2.31. The number of likely N-dealkylation sites (tertiary alicyclic amines) is 1. The number of thiophene rings is 1. The molecule has 2 aromatic rings. The molecule has 4 nitrogen and oxygen atoms in total. The first-order valence-corrected chi connectivity index (χ1v) is 8.05. The molecule has 1 aliphatic rings. The predicted molar refractivity (Wildman–Crippen MR) is 82.5 cm³/mol. The number of carboxylic acid groups (broad SMARTS) is 1. The Balaban J connectivity index is 2.05. The number of aryl methyl sites for hydroxylation is 1. The molecular formula is C16H18N2O2S. The van der Waals surface area contributed by atoms with Crippen molar-refractivity contribution in [3.63, 3.8) is 0 Å². The fraction of sp³-hybridized carbons (Fsp3) is 0.375. The van der Waals surface area contributed by atoms with E-state index in [1.165, 1.54) is 0 Å². The largest absolute Gasteiger partial charge is 0.480 e. The Labute approximate surface area is 128 Å². The van der Waals surface area contributed by atoms with E-state index < -0.39 is 12.0 Å². The number of carbonyl (C=O) groups is 1. The molecule has 2 atom stereocenters. The van der Waals surface area contributed by atoms with Crippen LogP contribution in [0.25, 0.3) is 0 Å². The standard InChI is InChI=1S/C16H18N2O2S/c1-11-4-2-7-17-14(11)15(12-6-9-21-10-12)18-8-3-5-13(18)16(19)20/h2,4,6-7,9-10,13,15H,3,5,8H2,1H3,(H,19,20). The van der Waals surface area contributed by atoms with Crippen LogP contribution < -0.4 is 0 Å². The van der Waals surface area contributed by atoms with Gasteiger partial charge in [-0.2, -0.15) is 11.3 Å². The number of rotatable bonds is 4. The number of hydrogen-bond donors (Lipinski definition) is 1. The lowest BCUT2D eigenvalue weighted by molar-refractivity contribution is -0.142. The van der Waals surface area contributed by atoms with Crippen LogP contribution in [-0.4, -0.2) is 33.5 Å². The Morgan fingerprint density at radius 3 is 3.05 bits per heavy atom. The third-order valence-corrected chi connectivity index (χ3v) is 4.78. The number of nitrogens with zero attached hydrogens (tertiary/aromatic N) is 2. The second-order valence-electron chi connectivity index (χ2n) is 5.40.